The summed E-state index contributed by atoms with van der Waals surface area (Å²) in [5.74, 6) is 0.547. The van der Waals surface area contributed by atoms with E-state index in [9.17, 15) is 0 Å². The third-order valence-corrected chi connectivity index (χ3v) is 1.95. The summed E-state index contributed by atoms with van der Waals surface area (Å²) >= 11 is 0. The Morgan fingerprint density at radius 1 is 1.43 bits per heavy atom. The average Bonchev–Trinajstić information content (AvgIpc) is 2.51. The van der Waals surface area contributed by atoms with Crippen molar-refractivity contribution in [1.82, 2.24) is 14.5 Å². The molecular weight excluding hydrogens is 176 g/mol. The van der Waals surface area contributed by atoms with Crippen LogP contribution in [0.15, 0.2) is 31.0 Å². The number of rotatable bonds is 2. The van der Waals surface area contributed by atoms with Crippen LogP contribution in [0.5, 0.6) is 0 Å². The fourth-order valence-electron chi connectivity index (χ4n) is 1.38. The zero-order chi connectivity index (χ0) is 9.97. The molecule has 0 amide bonds. The Morgan fingerprint density at radius 2 is 2.29 bits per heavy atom. The molecule has 0 saturated carbocycles. The topological polar surface area (TPSA) is 56.7 Å². The summed E-state index contributed by atoms with van der Waals surface area (Å²) in [5.41, 5.74) is 7.83. The summed E-state index contributed by atoms with van der Waals surface area (Å²) in [6, 6.07) is 2.10. The second-order valence-corrected chi connectivity index (χ2v) is 3.34. The number of anilines is 1. The van der Waals surface area contributed by atoms with E-state index in [1.54, 1.807) is 6.33 Å². The van der Waals surface area contributed by atoms with Gasteiger partial charge in [0, 0.05) is 18.6 Å². The first-order valence-corrected chi connectivity index (χ1v) is 4.42. The van der Waals surface area contributed by atoms with Gasteiger partial charge in [0.1, 0.15) is 5.82 Å². The van der Waals surface area contributed by atoms with E-state index in [0.717, 1.165) is 17.7 Å². The minimum atomic E-state index is 0.547. The standard InChI is InChI=1S/C10H12N4/c1-8-2-9(4-12-3-8)5-14-6-10(11)13-7-14/h2-4,6-7H,5,11H2,1H3. The van der Waals surface area contributed by atoms with Gasteiger partial charge in [-0.15, -0.1) is 0 Å². The molecular formula is C10H12N4. The monoisotopic (exact) mass is 188 g/mol. The van der Waals surface area contributed by atoms with Crippen LogP contribution < -0.4 is 5.73 Å². The minimum Gasteiger partial charge on any atom is -0.382 e. The SMILES string of the molecule is Cc1cncc(Cn2cnc(N)c2)c1. The maximum absolute atomic E-state index is 5.51. The van der Waals surface area contributed by atoms with Gasteiger partial charge >= 0.3 is 0 Å². The molecule has 2 aromatic heterocycles. The van der Waals surface area contributed by atoms with Crippen LogP contribution in [0, 0.1) is 6.92 Å². The number of hydrogen-bond donors (Lipinski definition) is 1. The van der Waals surface area contributed by atoms with Crippen LogP contribution in [0.4, 0.5) is 5.82 Å². The van der Waals surface area contributed by atoms with E-state index in [0.29, 0.717) is 5.82 Å². The van der Waals surface area contributed by atoms with Crippen LogP contribution in [-0.2, 0) is 6.54 Å². The van der Waals surface area contributed by atoms with Gasteiger partial charge in [-0.05, 0) is 18.1 Å². The molecule has 14 heavy (non-hydrogen) atoms. The summed E-state index contributed by atoms with van der Waals surface area (Å²) < 4.78 is 1.94. The molecule has 0 radical (unpaired) electrons. The third kappa shape index (κ3) is 1.90. The quantitative estimate of drug-likeness (QED) is 0.770. The molecule has 2 N–H and O–H groups in total. The van der Waals surface area contributed by atoms with E-state index in [4.69, 9.17) is 5.73 Å². The molecule has 0 aliphatic rings. The molecule has 0 aliphatic heterocycles. The van der Waals surface area contributed by atoms with Crippen molar-refractivity contribution in [2.24, 2.45) is 0 Å². The van der Waals surface area contributed by atoms with Crippen molar-refractivity contribution < 1.29 is 0 Å². The van der Waals surface area contributed by atoms with Crippen molar-refractivity contribution in [2.45, 2.75) is 13.5 Å². The Labute approximate surface area is 82.4 Å². The first-order valence-electron chi connectivity index (χ1n) is 4.42. The largest absolute Gasteiger partial charge is 0.382 e. The van der Waals surface area contributed by atoms with Gasteiger partial charge in [-0.3, -0.25) is 4.98 Å². The van der Waals surface area contributed by atoms with Gasteiger partial charge in [0.15, 0.2) is 0 Å². The van der Waals surface area contributed by atoms with E-state index < -0.39 is 0 Å². The Bertz CT molecular complexity index is 433. The van der Waals surface area contributed by atoms with Crippen LogP contribution >= 0.6 is 0 Å². The van der Waals surface area contributed by atoms with Crippen molar-refractivity contribution in [3.63, 3.8) is 0 Å². The predicted octanol–water partition coefficient (Wildman–Crippen LogP) is 1.22. The van der Waals surface area contributed by atoms with Gasteiger partial charge in [0.25, 0.3) is 0 Å². The van der Waals surface area contributed by atoms with Gasteiger partial charge in [0.2, 0.25) is 0 Å². The highest BCUT2D eigenvalue weighted by molar-refractivity contribution is 5.24. The highest BCUT2D eigenvalue weighted by Gasteiger charge is 1.97. The van der Waals surface area contributed by atoms with E-state index in [-0.39, 0.29) is 0 Å². The summed E-state index contributed by atoms with van der Waals surface area (Å²) in [6.07, 6.45) is 7.22. The number of aryl methyl sites for hydroxylation is 1. The fourth-order valence-corrected chi connectivity index (χ4v) is 1.38. The molecule has 0 spiro atoms. The van der Waals surface area contributed by atoms with Crippen LogP contribution in [-0.4, -0.2) is 14.5 Å². The molecule has 2 heterocycles. The Morgan fingerprint density at radius 3 is 2.93 bits per heavy atom. The summed E-state index contributed by atoms with van der Waals surface area (Å²) in [6.45, 7) is 2.79. The van der Waals surface area contributed by atoms with Gasteiger partial charge in [-0.25, -0.2) is 4.98 Å². The lowest BCUT2D eigenvalue weighted by Gasteiger charge is -2.02. The van der Waals surface area contributed by atoms with Crippen molar-refractivity contribution in [3.05, 3.63) is 42.1 Å². The number of nitrogens with zero attached hydrogens (tertiary/aromatic N) is 3. The molecule has 0 aromatic carbocycles. The lowest BCUT2D eigenvalue weighted by Crippen LogP contribution is -1.97. The number of imidazole rings is 1. The van der Waals surface area contributed by atoms with Gasteiger partial charge < -0.3 is 10.3 Å². The highest BCUT2D eigenvalue weighted by atomic mass is 15.1. The lowest BCUT2D eigenvalue weighted by molar-refractivity contribution is 0.792. The average molecular weight is 188 g/mol. The molecule has 0 bridgehead atoms. The molecule has 4 heteroatoms. The maximum Gasteiger partial charge on any atom is 0.141 e. The second-order valence-electron chi connectivity index (χ2n) is 3.34. The van der Waals surface area contributed by atoms with Crippen LogP contribution in [0.3, 0.4) is 0 Å². The van der Waals surface area contributed by atoms with Crippen molar-refractivity contribution in [2.75, 3.05) is 5.73 Å². The predicted molar refractivity (Wildman–Crippen MR) is 54.7 cm³/mol. The van der Waals surface area contributed by atoms with E-state index in [1.165, 1.54) is 0 Å². The Hall–Kier alpha value is -1.84. The van der Waals surface area contributed by atoms with Gasteiger partial charge in [-0.1, -0.05) is 6.07 Å². The van der Waals surface area contributed by atoms with Crippen molar-refractivity contribution in [3.8, 4) is 0 Å². The molecule has 0 fully saturated rings. The van der Waals surface area contributed by atoms with Gasteiger partial charge in [-0.2, -0.15) is 0 Å². The van der Waals surface area contributed by atoms with E-state index in [1.807, 2.05) is 30.1 Å². The zero-order valence-electron chi connectivity index (χ0n) is 8.01. The summed E-state index contributed by atoms with van der Waals surface area (Å²) in [4.78, 5) is 8.08. The van der Waals surface area contributed by atoms with Crippen LogP contribution in [0.2, 0.25) is 0 Å². The normalized spacial score (nSPS) is 10.4. The smallest absolute Gasteiger partial charge is 0.141 e. The Balaban J connectivity index is 2.18. The number of nitrogen functional groups attached to an aromatic ring is 1. The van der Waals surface area contributed by atoms with Crippen molar-refractivity contribution >= 4 is 5.82 Å². The molecule has 0 atom stereocenters. The number of aromatic nitrogens is 3. The van der Waals surface area contributed by atoms with Gasteiger partial charge in [0.05, 0.1) is 12.9 Å². The summed E-state index contributed by atoms with van der Waals surface area (Å²) in [5, 5.41) is 0. The maximum atomic E-state index is 5.51. The number of hydrogen-bond acceptors (Lipinski definition) is 3. The Kier molecular flexibility index (Phi) is 2.18. The number of pyridine rings is 1. The first-order chi connectivity index (χ1) is 6.74. The molecule has 0 unspecified atom stereocenters. The second kappa shape index (κ2) is 3.49. The molecule has 0 saturated heterocycles. The molecule has 2 aromatic rings. The van der Waals surface area contributed by atoms with Crippen LogP contribution in [0.25, 0.3) is 0 Å². The summed E-state index contributed by atoms with van der Waals surface area (Å²) in [7, 11) is 0. The van der Waals surface area contributed by atoms with Crippen molar-refractivity contribution in [1.29, 1.82) is 0 Å². The zero-order valence-corrected chi connectivity index (χ0v) is 8.01. The lowest BCUT2D eigenvalue weighted by atomic mass is 10.2. The fraction of sp³-hybridized carbons (Fsp3) is 0.200. The minimum absolute atomic E-state index is 0.547. The molecule has 2 rings (SSSR count). The molecule has 0 aliphatic carbocycles. The highest BCUT2D eigenvalue weighted by Crippen LogP contribution is 2.05. The number of nitrogens with two attached hydrogens (primary N) is 1. The van der Waals surface area contributed by atoms with Crippen LogP contribution in [0.1, 0.15) is 11.1 Å². The molecule has 4 nitrogen and oxygen atoms in total. The molecule has 72 valence electrons. The first kappa shape index (κ1) is 8.74. The van der Waals surface area contributed by atoms with E-state index >= 15 is 0 Å². The third-order valence-electron chi connectivity index (χ3n) is 1.95. The van der Waals surface area contributed by atoms with E-state index in [2.05, 4.69) is 16.0 Å².